The Balaban J connectivity index is 2.17. The van der Waals surface area contributed by atoms with Gasteiger partial charge in [0.1, 0.15) is 11.9 Å². The highest BCUT2D eigenvalue weighted by Gasteiger charge is 2.10. The summed E-state index contributed by atoms with van der Waals surface area (Å²) < 4.78 is 5.57. The zero-order valence-corrected chi connectivity index (χ0v) is 11.8. The van der Waals surface area contributed by atoms with Gasteiger partial charge in [0.25, 0.3) is 0 Å². The van der Waals surface area contributed by atoms with Gasteiger partial charge in [0.15, 0.2) is 0 Å². The van der Waals surface area contributed by atoms with Gasteiger partial charge in [-0.15, -0.1) is 0 Å². The fourth-order valence-corrected chi connectivity index (χ4v) is 2.07. The van der Waals surface area contributed by atoms with Gasteiger partial charge in [0, 0.05) is 5.02 Å². The molecule has 2 rings (SSSR count). The highest BCUT2D eigenvalue weighted by Crippen LogP contribution is 2.25. The van der Waals surface area contributed by atoms with Crippen molar-refractivity contribution in [2.45, 2.75) is 26.1 Å². The van der Waals surface area contributed by atoms with Gasteiger partial charge in [0.2, 0.25) is 0 Å². The number of hydrogen-bond acceptors (Lipinski definition) is 2. The van der Waals surface area contributed by atoms with Gasteiger partial charge in [-0.25, -0.2) is 0 Å². The van der Waals surface area contributed by atoms with Crippen molar-refractivity contribution < 1.29 is 9.84 Å². The van der Waals surface area contributed by atoms with E-state index in [1.165, 1.54) is 0 Å². The van der Waals surface area contributed by atoms with Crippen LogP contribution in [0.1, 0.15) is 31.1 Å². The van der Waals surface area contributed by atoms with E-state index in [9.17, 15) is 5.11 Å². The van der Waals surface area contributed by atoms with Gasteiger partial charge >= 0.3 is 0 Å². The summed E-state index contributed by atoms with van der Waals surface area (Å²) in [6.45, 7) is 3.96. The molecule has 3 heteroatoms. The molecule has 0 amide bonds. The minimum Gasteiger partial charge on any atom is -0.491 e. The lowest BCUT2D eigenvalue weighted by atomic mass is 10.0. The second-order valence-corrected chi connectivity index (χ2v) is 5.13. The van der Waals surface area contributed by atoms with Crippen LogP contribution in [0.25, 0.3) is 0 Å². The van der Waals surface area contributed by atoms with Crippen LogP contribution in [0, 0.1) is 0 Å². The summed E-state index contributed by atoms with van der Waals surface area (Å²) in [5.41, 5.74) is 1.60. The van der Waals surface area contributed by atoms with E-state index < -0.39 is 6.10 Å². The van der Waals surface area contributed by atoms with E-state index in [1.54, 1.807) is 12.1 Å². The lowest BCUT2D eigenvalue weighted by molar-refractivity contribution is 0.219. The molecule has 0 aliphatic carbocycles. The molecule has 0 spiro atoms. The molecule has 19 heavy (non-hydrogen) atoms. The Morgan fingerprint density at radius 1 is 1.00 bits per heavy atom. The summed E-state index contributed by atoms with van der Waals surface area (Å²) in [5.74, 6) is 0.803. The smallest absolute Gasteiger partial charge is 0.119 e. The van der Waals surface area contributed by atoms with Gasteiger partial charge in [-0.1, -0.05) is 35.9 Å². The molecular weight excluding hydrogens is 260 g/mol. The van der Waals surface area contributed by atoms with Crippen molar-refractivity contribution in [3.8, 4) is 5.75 Å². The van der Waals surface area contributed by atoms with Crippen LogP contribution < -0.4 is 4.74 Å². The average molecular weight is 277 g/mol. The zero-order valence-electron chi connectivity index (χ0n) is 11.0. The van der Waals surface area contributed by atoms with Crippen LogP contribution in [0.2, 0.25) is 5.02 Å². The van der Waals surface area contributed by atoms with Gasteiger partial charge in [-0.2, -0.15) is 0 Å². The Hall–Kier alpha value is -1.51. The molecule has 100 valence electrons. The topological polar surface area (TPSA) is 29.5 Å². The second-order valence-electron chi connectivity index (χ2n) is 4.69. The van der Waals surface area contributed by atoms with E-state index in [1.807, 2.05) is 50.2 Å². The van der Waals surface area contributed by atoms with Crippen molar-refractivity contribution in [1.82, 2.24) is 0 Å². The average Bonchev–Trinajstić information content (AvgIpc) is 2.38. The van der Waals surface area contributed by atoms with Gasteiger partial charge in [0.05, 0.1) is 6.10 Å². The molecule has 0 aromatic heterocycles. The molecule has 0 aliphatic heterocycles. The summed E-state index contributed by atoms with van der Waals surface area (Å²) in [4.78, 5) is 0. The van der Waals surface area contributed by atoms with Crippen molar-refractivity contribution in [3.05, 3.63) is 64.7 Å². The van der Waals surface area contributed by atoms with Crippen molar-refractivity contribution in [2.24, 2.45) is 0 Å². The first-order chi connectivity index (χ1) is 9.06. The van der Waals surface area contributed by atoms with E-state index >= 15 is 0 Å². The van der Waals surface area contributed by atoms with Crippen molar-refractivity contribution >= 4 is 11.6 Å². The molecular formula is C16H17ClO2. The van der Waals surface area contributed by atoms with E-state index in [0.29, 0.717) is 5.02 Å². The van der Waals surface area contributed by atoms with Crippen LogP contribution in [0.3, 0.4) is 0 Å². The standard InChI is InChI=1S/C16H17ClO2/c1-11(2)19-15-8-6-12(7-9-15)16(18)13-4-3-5-14(17)10-13/h3-11,16,18H,1-2H3. The molecule has 0 radical (unpaired) electrons. The number of hydrogen-bond donors (Lipinski definition) is 1. The summed E-state index contributed by atoms with van der Waals surface area (Å²) in [6, 6.07) is 14.7. The molecule has 0 saturated heterocycles. The van der Waals surface area contributed by atoms with Crippen molar-refractivity contribution in [3.63, 3.8) is 0 Å². The van der Waals surface area contributed by atoms with E-state index in [-0.39, 0.29) is 6.10 Å². The first kappa shape index (κ1) is 13.9. The fourth-order valence-electron chi connectivity index (χ4n) is 1.87. The number of benzene rings is 2. The van der Waals surface area contributed by atoms with Crippen molar-refractivity contribution in [1.29, 1.82) is 0 Å². The summed E-state index contributed by atoms with van der Waals surface area (Å²) in [6.07, 6.45) is -0.532. The number of aliphatic hydroxyl groups excluding tert-OH is 1. The maximum atomic E-state index is 10.3. The quantitative estimate of drug-likeness (QED) is 0.906. The largest absolute Gasteiger partial charge is 0.491 e. The van der Waals surface area contributed by atoms with Crippen LogP contribution in [0.4, 0.5) is 0 Å². The zero-order chi connectivity index (χ0) is 13.8. The number of aliphatic hydroxyl groups is 1. The molecule has 1 unspecified atom stereocenters. The van der Waals surface area contributed by atoms with E-state index in [0.717, 1.165) is 16.9 Å². The molecule has 2 nitrogen and oxygen atoms in total. The third-order valence-electron chi connectivity index (χ3n) is 2.73. The maximum Gasteiger partial charge on any atom is 0.119 e. The Kier molecular flexibility index (Phi) is 4.46. The lowest BCUT2D eigenvalue weighted by Gasteiger charge is -2.14. The van der Waals surface area contributed by atoms with Crippen LogP contribution in [-0.4, -0.2) is 11.2 Å². The monoisotopic (exact) mass is 276 g/mol. The molecule has 0 bridgehead atoms. The van der Waals surface area contributed by atoms with E-state index in [4.69, 9.17) is 16.3 Å². The second kappa shape index (κ2) is 6.09. The third kappa shape index (κ3) is 3.72. The Bertz CT molecular complexity index is 535. The highest BCUT2D eigenvalue weighted by atomic mass is 35.5. The Labute approximate surface area is 118 Å². The molecule has 0 aliphatic rings. The van der Waals surface area contributed by atoms with Crippen LogP contribution in [-0.2, 0) is 0 Å². The van der Waals surface area contributed by atoms with Gasteiger partial charge < -0.3 is 9.84 Å². The molecule has 0 saturated carbocycles. The predicted octanol–water partition coefficient (Wildman–Crippen LogP) is 4.21. The molecule has 2 aromatic carbocycles. The highest BCUT2D eigenvalue weighted by molar-refractivity contribution is 6.30. The van der Waals surface area contributed by atoms with E-state index in [2.05, 4.69) is 0 Å². The fraction of sp³-hybridized carbons (Fsp3) is 0.250. The first-order valence-electron chi connectivity index (χ1n) is 6.26. The number of rotatable bonds is 4. The lowest BCUT2D eigenvalue weighted by Crippen LogP contribution is -2.06. The van der Waals surface area contributed by atoms with Crippen molar-refractivity contribution in [2.75, 3.05) is 0 Å². The molecule has 1 N–H and O–H groups in total. The number of halogens is 1. The van der Waals surface area contributed by atoms with Gasteiger partial charge in [-0.05, 0) is 49.2 Å². The SMILES string of the molecule is CC(C)Oc1ccc(C(O)c2cccc(Cl)c2)cc1. The van der Waals surface area contributed by atoms with Crippen LogP contribution in [0.15, 0.2) is 48.5 Å². The first-order valence-corrected chi connectivity index (χ1v) is 6.64. The minimum atomic E-state index is -0.674. The Morgan fingerprint density at radius 3 is 2.26 bits per heavy atom. The molecule has 0 fully saturated rings. The molecule has 2 aromatic rings. The summed E-state index contributed by atoms with van der Waals surface area (Å²) in [5, 5.41) is 10.9. The number of ether oxygens (including phenoxy) is 1. The summed E-state index contributed by atoms with van der Waals surface area (Å²) in [7, 11) is 0. The molecule has 1 atom stereocenters. The van der Waals surface area contributed by atoms with Gasteiger partial charge in [-0.3, -0.25) is 0 Å². The third-order valence-corrected chi connectivity index (χ3v) is 2.97. The van der Waals surface area contributed by atoms with Crippen LogP contribution >= 0.6 is 11.6 Å². The predicted molar refractivity (Wildman–Crippen MR) is 77.7 cm³/mol. The Morgan fingerprint density at radius 2 is 1.68 bits per heavy atom. The normalized spacial score (nSPS) is 12.5. The van der Waals surface area contributed by atoms with Crippen LogP contribution in [0.5, 0.6) is 5.75 Å². The summed E-state index contributed by atoms with van der Waals surface area (Å²) >= 11 is 5.93. The molecule has 0 heterocycles. The maximum absolute atomic E-state index is 10.3. The minimum absolute atomic E-state index is 0.142.